The van der Waals surface area contributed by atoms with Crippen molar-refractivity contribution in [1.29, 1.82) is 0 Å². The molecule has 0 unspecified atom stereocenters. The van der Waals surface area contributed by atoms with Gasteiger partial charge in [-0.2, -0.15) is 0 Å². The first-order valence-corrected chi connectivity index (χ1v) is 6.20. The molecule has 5 N–H and O–H groups in total. The molecule has 0 saturated carbocycles. The molecule has 1 fully saturated rings. The number of anilines is 3. The summed E-state index contributed by atoms with van der Waals surface area (Å²) in [5.74, 6) is -0.587. The highest BCUT2D eigenvalue weighted by Crippen LogP contribution is 2.38. The Bertz CT molecular complexity index is 469. The van der Waals surface area contributed by atoms with Gasteiger partial charge in [-0.3, -0.25) is 0 Å². The zero-order chi connectivity index (χ0) is 13.5. The zero-order valence-corrected chi connectivity index (χ0v) is 11.0. The number of nitrogen functional groups attached to an aromatic ring is 2. The van der Waals surface area contributed by atoms with Crippen LogP contribution in [0.4, 0.5) is 21.5 Å². The van der Waals surface area contributed by atoms with Gasteiger partial charge in [-0.1, -0.05) is 11.6 Å². The fourth-order valence-corrected chi connectivity index (χ4v) is 2.33. The van der Waals surface area contributed by atoms with E-state index in [1.54, 1.807) is 11.8 Å². The standard InChI is InChI=1S/C12H17ClFN3O/c1-12(18)2-4-17(5-3-12)11-8(16)6-7(15)9(13)10(11)14/h6,18H,2-5,15-16H2,1H3. The largest absolute Gasteiger partial charge is 0.397 e. The van der Waals surface area contributed by atoms with E-state index in [2.05, 4.69) is 0 Å². The number of benzene rings is 1. The average Bonchev–Trinajstić information content (AvgIpc) is 2.28. The average molecular weight is 274 g/mol. The molecule has 0 aliphatic carbocycles. The van der Waals surface area contributed by atoms with Crippen LogP contribution in [0.5, 0.6) is 0 Å². The molecule has 2 rings (SSSR count). The summed E-state index contributed by atoms with van der Waals surface area (Å²) in [5.41, 5.74) is 11.4. The van der Waals surface area contributed by atoms with Gasteiger partial charge in [0.25, 0.3) is 0 Å². The van der Waals surface area contributed by atoms with Crippen molar-refractivity contribution < 1.29 is 9.50 Å². The maximum Gasteiger partial charge on any atom is 0.169 e. The molecule has 0 amide bonds. The van der Waals surface area contributed by atoms with E-state index in [0.717, 1.165) is 0 Å². The molecule has 4 nitrogen and oxygen atoms in total. The first-order chi connectivity index (χ1) is 8.32. The Morgan fingerprint density at radius 2 is 1.89 bits per heavy atom. The van der Waals surface area contributed by atoms with Crippen molar-refractivity contribution in [2.75, 3.05) is 29.5 Å². The minimum Gasteiger partial charge on any atom is -0.397 e. The number of hydrogen-bond acceptors (Lipinski definition) is 4. The molecular formula is C12H17ClFN3O. The van der Waals surface area contributed by atoms with E-state index >= 15 is 0 Å². The van der Waals surface area contributed by atoms with Crippen LogP contribution in [0.25, 0.3) is 0 Å². The topological polar surface area (TPSA) is 75.5 Å². The van der Waals surface area contributed by atoms with E-state index in [4.69, 9.17) is 23.1 Å². The van der Waals surface area contributed by atoms with Gasteiger partial charge in [0.05, 0.1) is 22.7 Å². The Kier molecular flexibility index (Phi) is 3.29. The molecule has 6 heteroatoms. The maximum absolute atomic E-state index is 14.1. The molecular weight excluding hydrogens is 257 g/mol. The van der Waals surface area contributed by atoms with E-state index < -0.39 is 11.4 Å². The number of nitrogens with zero attached hydrogens (tertiary/aromatic N) is 1. The second kappa shape index (κ2) is 4.48. The first kappa shape index (κ1) is 13.2. The Morgan fingerprint density at radius 1 is 1.33 bits per heavy atom. The highest BCUT2D eigenvalue weighted by atomic mass is 35.5. The van der Waals surface area contributed by atoms with Crippen LogP contribution in [0, 0.1) is 5.82 Å². The number of aliphatic hydroxyl groups is 1. The summed E-state index contributed by atoms with van der Waals surface area (Å²) in [7, 11) is 0. The smallest absolute Gasteiger partial charge is 0.169 e. The van der Waals surface area contributed by atoms with Crippen LogP contribution in [0.1, 0.15) is 19.8 Å². The molecule has 1 heterocycles. The minimum atomic E-state index is -0.695. The number of rotatable bonds is 1. The molecule has 0 spiro atoms. The molecule has 1 saturated heterocycles. The fraction of sp³-hybridized carbons (Fsp3) is 0.500. The highest BCUT2D eigenvalue weighted by Gasteiger charge is 2.30. The Balaban J connectivity index is 2.33. The van der Waals surface area contributed by atoms with Crippen molar-refractivity contribution in [3.05, 3.63) is 16.9 Å². The van der Waals surface area contributed by atoms with Crippen molar-refractivity contribution >= 4 is 28.7 Å². The van der Waals surface area contributed by atoms with Crippen LogP contribution < -0.4 is 16.4 Å². The monoisotopic (exact) mass is 273 g/mol. The summed E-state index contributed by atoms with van der Waals surface area (Å²) in [6.45, 7) is 2.85. The normalized spacial score (nSPS) is 19.0. The fourth-order valence-electron chi connectivity index (χ4n) is 2.19. The van der Waals surface area contributed by atoms with Gasteiger partial charge in [-0.05, 0) is 25.8 Å². The van der Waals surface area contributed by atoms with Crippen molar-refractivity contribution in [1.82, 2.24) is 0 Å². The molecule has 0 atom stereocenters. The maximum atomic E-state index is 14.1. The van der Waals surface area contributed by atoms with Crippen molar-refractivity contribution in [2.24, 2.45) is 0 Å². The molecule has 18 heavy (non-hydrogen) atoms. The third-order valence-corrected chi connectivity index (χ3v) is 3.78. The van der Waals surface area contributed by atoms with Gasteiger partial charge in [0.15, 0.2) is 5.82 Å². The van der Waals surface area contributed by atoms with Crippen molar-refractivity contribution in [2.45, 2.75) is 25.4 Å². The molecule has 1 aliphatic heterocycles. The predicted molar refractivity (Wildman–Crippen MR) is 72.3 cm³/mol. The third-order valence-electron chi connectivity index (χ3n) is 3.40. The van der Waals surface area contributed by atoms with Crippen molar-refractivity contribution in [3.8, 4) is 0 Å². The Hall–Kier alpha value is -1.20. The second-order valence-corrected chi connectivity index (χ2v) is 5.39. The van der Waals surface area contributed by atoms with Gasteiger partial charge in [-0.25, -0.2) is 4.39 Å². The van der Waals surface area contributed by atoms with Crippen LogP contribution in [0.15, 0.2) is 6.07 Å². The summed E-state index contributed by atoms with van der Waals surface area (Å²) < 4.78 is 14.1. The molecule has 1 aromatic rings. The van der Waals surface area contributed by atoms with Gasteiger partial charge >= 0.3 is 0 Å². The number of hydrogen-bond donors (Lipinski definition) is 3. The van der Waals surface area contributed by atoms with Crippen LogP contribution in [0.3, 0.4) is 0 Å². The van der Waals surface area contributed by atoms with Gasteiger partial charge in [0.2, 0.25) is 0 Å². The molecule has 0 aromatic heterocycles. The van der Waals surface area contributed by atoms with E-state index in [9.17, 15) is 9.50 Å². The van der Waals surface area contributed by atoms with Crippen LogP contribution >= 0.6 is 11.6 Å². The number of nitrogens with two attached hydrogens (primary N) is 2. The van der Waals surface area contributed by atoms with E-state index in [0.29, 0.717) is 25.9 Å². The lowest BCUT2D eigenvalue weighted by atomic mass is 9.93. The van der Waals surface area contributed by atoms with E-state index in [1.165, 1.54) is 6.07 Å². The Labute approximate surface area is 110 Å². The minimum absolute atomic E-state index is 0.100. The lowest BCUT2D eigenvalue weighted by Gasteiger charge is -2.37. The van der Waals surface area contributed by atoms with Crippen molar-refractivity contribution in [3.63, 3.8) is 0 Å². The van der Waals surface area contributed by atoms with Gasteiger partial charge in [0, 0.05) is 13.1 Å². The van der Waals surface area contributed by atoms with Crippen LogP contribution in [0.2, 0.25) is 5.02 Å². The lowest BCUT2D eigenvalue weighted by molar-refractivity contribution is 0.0350. The SMILES string of the molecule is CC1(O)CCN(c2c(N)cc(N)c(Cl)c2F)CC1. The quantitative estimate of drug-likeness (QED) is 0.684. The summed E-state index contributed by atoms with van der Waals surface area (Å²) in [4.78, 5) is 1.80. The molecule has 0 radical (unpaired) electrons. The number of piperidine rings is 1. The van der Waals surface area contributed by atoms with E-state index in [1.807, 2.05) is 0 Å². The lowest BCUT2D eigenvalue weighted by Crippen LogP contribution is -2.43. The predicted octanol–water partition coefficient (Wildman–Crippen LogP) is 1.99. The Morgan fingerprint density at radius 3 is 2.44 bits per heavy atom. The molecule has 1 aromatic carbocycles. The highest BCUT2D eigenvalue weighted by molar-refractivity contribution is 6.33. The van der Waals surface area contributed by atoms with E-state index in [-0.39, 0.29) is 22.1 Å². The first-order valence-electron chi connectivity index (χ1n) is 5.82. The van der Waals surface area contributed by atoms with Gasteiger partial charge in [-0.15, -0.1) is 0 Å². The summed E-state index contributed by atoms with van der Waals surface area (Å²) in [6.07, 6.45) is 1.13. The van der Waals surface area contributed by atoms with Crippen LogP contribution in [-0.2, 0) is 0 Å². The summed E-state index contributed by atoms with van der Waals surface area (Å²) in [5, 5.41) is 9.78. The third kappa shape index (κ3) is 2.33. The van der Waals surface area contributed by atoms with Gasteiger partial charge in [0.1, 0.15) is 5.02 Å². The van der Waals surface area contributed by atoms with Crippen LogP contribution in [-0.4, -0.2) is 23.8 Å². The summed E-state index contributed by atoms with van der Waals surface area (Å²) >= 11 is 5.80. The molecule has 0 bridgehead atoms. The van der Waals surface area contributed by atoms with Gasteiger partial charge < -0.3 is 21.5 Å². The molecule has 1 aliphatic rings. The number of halogens is 2. The molecule has 100 valence electrons. The summed E-state index contributed by atoms with van der Waals surface area (Å²) in [6, 6.07) is 1.47. The second-order valence-electron chi connectivity index (χ2n) is 5.02. The zero-order valence-electron chi connectivity index (χ0n) is 10.2.